The standard InChI is InChI=1S/C16H17N3O8S2/c1-27-15-8-11(4-5-14(15)18-29(3,25)26)17-16(20)10-6-12(19(21)22)9-13(7-10)28(2,23)24/h4-9,18H,1-3H3,(H,17,20). The van der Waals surface area contributed by atoms with Crippen molar-refractivity contribution in [2.24, 2.45) is 0 Å². The molecule has 29 heavy (non-hydrogen) atoms. The van der Waals surface area contributed by atoms with Crippen LogP contribution in [0.2, 0.25) is 0 Å². The van der Waals surface area contributed by atoms with Crippen LogP contribution in [-0.2, 0) is 19.9 Å². The first kappa shape index (κ1) is 22.1. The van der Waals surface area contributed by atoms with Crippen molar-refractivity contribution in [3.05, 3.63) is 52.1 Å². The highest BCUT2D eigenvalue weighted by molar-refractivity contribution is 7.92. The number of amides is 1. The van der Waals surface area contributed by atoms with Crippen LogP contribution in [0.15, 0.2) is 41.3 Å². The number of hydrogen-bond acceptors (Lipinski definition) is 8. The quantitative estimate of drug-likeness (QED) is 0.482. The lowest BCUT2D eigenvalue weighted by molar-refractivity contribution is -0.385. The third-order valence-electron chi connectivity index (χ3n) is 3.55. The predicted molar refractivity (Wildman–Crippen MR) is 106 cm³/mol. The molecule has 0 heterocycles. The highest BCUT2D eigenvalue weighted by Crippen LogP contribution is 2.29. The maximum atomic E-state index is 12.5. The number of rotatable bonds is 7. The number of carbonyl (C=O) groups excluding carboxylic acids is 1. The summed E-state index contributed by atoms with van der Waals surface area (Å²) in [6.45, 7) is 0. The van der Waals surface area contributed by atoms with Crippen LogP contribution < -0.4 is 14.8 Å². The van der Waals surface area contributed by atoms with E-state index >= 15 is 0 Å². The fourth-order valence-electron chi connectivity index (χ4n) is 2.29. The number of nitro groups is 1. The molecule has 156 valence electrons. The van der Waals surface area contributed by atoms with Crippen LogP contribution in [0.5, 0.6) is 5.75 Å². The van der Waals surface area contributed by atoms with Crippen LogP contribution in [0.3, 0.4) is 0 Å². The van der Waals surface area contributed by atoms with E-state index in [1.807, 2.05) is 0 Å². The zero-order valence-electron chi connectivity index (χ0n) is 15.5. The third-order valence-corrected chi connectivity index (χ3v) is 5.23. The number of carbonyl (C=O) groups is 1. The van der Waals surface area contributed by atoms with E-state index in [2.05, 4.69) is 10.0 Å². The fourth-order valence-corrected chi connectivity index (χ4v) is 3.53. The minimum Gasteiger partial charge on any atom is -0.494 e. The Labute approximate surface area is 166 Å². The van der Waals surface area contributed by atoms with Crippen LogP contribution in [0.25, 0.3) is 0 Å². The van der Waals surface area contributed by atoms with Crippen molar-refractivity contribution in [3.8, 4) is 5.75 Å². The molecule has 0 aliphatic carbocycles. The number of hydrogen-bond donors (Lipinski definition) is 2. The molecule has 0 saturated heterocycles. The molecule has 0 saturated carbocycles. The van der Waals surface area contributed by atoms with Gasteiger partial charge in [-0.2, -0.15) is 0 Å². The number of nitro benzene ring substituents is 1. The number of nitrogens with zero attached hydrogens (tertiary/aromatic N) is 1. The number of non-ortho nitro benzene ring substituents is 1. The molecule has 0 unspecified atom stereocenters. The van der Waals surface area contributed by atoms with E-state index in [-0.39, 0.29) is 27.6 Å². The molecule has 0 aliphatic rings. The molecule has 2 aromatic rings. The highest BCUT2D eigenvalue weighted by atomic mass is 32.2. The molecule has 13 heteroatoms. The van der Waals surface area contributed by atoms with Gasteiger partial charge >= 0.3 is 0 Å². The molecule has 0 aliphatic heterocycles. The van der Waals surface area contributed by atoms with Gasteiger partial charge in [0.25, 0.3) is 11.6 Å². The van der Waals surface area contributed by atoms with Crippen molar-refractivity contribution in [1.82, 2.24) is 0 Å². The van der Waals surface area contributed by atoms with Crippen molar-refractivity contribution in [2.75, 3.05) is 29.7 Å². The molecule has 2 aromatic carbocycles. The highest BCUT2D eigenvalue weighted by Gasteiger charge is 2.19. The van der Waals surface area contributed by atoms with Crippen LogP contribution in [0.1, 0.15) is 10.4 Å². The number of benzene rings is 2. The molecule has 11 nitrogen and oxygen atoms in total. The monoisotopic (exact) mass is 443 g/mol. The Hall–Kier alpha value is -3.19. The number of methoxy groups -OCH3 is 1. The summed E-state index contributed by atoms with van der Waals surface area (Å²) in [7, 11) is -6.05. The van der Waals surface area contributed by atoms with Gasteiger partial charge in [-0.1, -0.05) is 0 Å². The smallest absolute Gasteiger partial charge is 0.271 e. The summed E-state index contributed by atoms with van der Waals surface area (Å²) >= 11 is 0. The number of nitrogens with one attached hydrogen (secondary N) is 2. The maximum Gasteiger partial charge on any atom is 0.271 e. The second kappa shape index (κ2) is 8.05. The molecule has 2 rings (SSSR count). The Bertz CT molecular complexity index is 1190. The van der Waals surface area contributed by atoms with Gasteiger partial charge in [0.1, 0.15) is 5.75 Å². The summed E-state index contributed by atoms with van der Waals surface area (Å²) in [5, 5.41) is 13.5. The lowest BCUT2D eigenvalue weighted by Crippen LogP contribution is -2.14. The fraction of sp³-hybridized carbons (Fsp3) is 0.188. The number of anilines is 2. The van der Waals surface area contributed by atoms with Gasteiger partial charge in [0.05, 0.1) is 28.9 Å². The molecule has 0 atom stereocenters. The minimum atomic E-state index is -3.79. The van der Waals surface area contributed by atoms with E-state index in [0.29, 0.717) is 0 Å². The first-order valence-corrected chi connectivity index (χ1v) is 11.5. The summed E-state index contributed by atoms with van der Waals surface area (Å²) in [5.74, 6) is -0.687. The molecule has 1 amide bonds. The first-order chi connectivity index (χ1) is 13.3. The third kappa shape index (κ3) is 5.89. The molecule has 0 aromatic heterocycles. The number of sulfonamides is 1. The molecular weight excluding hydrogens is 426 g/mol. The van der Waals surface area contributed by atoms with Gasteiger partial charge in [-0.05, 0) is 18.2 Å². The van der Waals surface area contributed by atoms with Crippen LogP contribution in [0, 0.1) is 10.1 Å². The summed E-state index contributed by atoms with van der Waals surface area (Å²) in [5.41, 5.74) is -0.457. The van der Waals surface area contributed by atoms with Crippen LogP contribution >= 0.6 is 0 Å². The van der Waals surface area contributed by atoms with Gasteiger partial charge in [-0.25, -0.2) is 16.8 Å². The van der Waals surface area contributed by atoms with Crippen molar-refractivity contribution in [1.29, 1.82) is 0 Å². The van der Waals surface area contributed by atoms with Crippen LogP contribution in [-0.4, -0.2) is 47.3 Å². The topological polar surface area (TPSA) is 162 Å². The molecule has 0 spiro atoms. The summed E-state index contributed by atoms with van der Waals surface area (Å²) in [6, 6.07) is 6.89. The normalized spacial score (nSPS) is 11.6. The van der Waals surface area contributed by atoms with Gasteiger partial charge in [0.15, 0.2) is 9.84 Å². The SMILES string of the molecule is COc1cc(NC(=O)c2cc([N+](=O)[O-])cc(S(C)(=O)=O)c2)ccc1NS(C)(=O)=O. The molecule has 0 bridgehead atoms. The predicted octanol–water partition coefficient (Wildman–Crippen LogP) is 1.63. The Morgan fingerprint density at radius 3 is 2.24 bits per heavy atom. The molecular formula is C16H17N3O8S2. The van der Waals surface area contributed by atoms with E-state index in [1.54, 1.807) is 0 Å². The zero-order valence-corrected chi connectivity index (χ0v) is 17.1. The molecule has 0 radical (unpaired) electrons. The van der Waals surface area contributed by atoms with Crippen molar-refractivity contribution >= 4 is 42.8 Å². The minimum absolute atomic E-state index is 0.115. The summed E-state index contributed by atoms with van der Waals surface area (Å²) in [6.07, 6.45) is 1.83. The Kier molecular flexibility index (Phi) is 6.13. The average molecular weight is 443 g/mol. The lowest BCUT2D eigenvalue weighted by Gasteiger charge is -2.12. The van der Waals surface area contributed by atoms with Gasteiger partial charge in [0.2, 0.25) is 10.0 Å². The molecule has 0 fully saturated rings. The Balaban J connectivity index is 2.39. The largest absolute Gasteiger partial charge is 0.494 e. The molecule has 2 N–H and O–H groups in total. The second-order valence-electron chi connectivity index (χ2n) is 5.99. The van der Waals surface area contributed by atoms with E-state index in [9.17, 15) is 31.7 Å². The lowest BCUT2D eigenvalue weighted by atomic mass is 10.1. The van der Waals surface area contributed by atoms with Crippen LogP contribution in [0.4, 0.5) is 17.1 Å². The van der Waals surface area contributed by atoms with E-state index in [1.165, 1.54) is 25.3 Å². The van der Waals surface area contributed by atoms with Gasteiger partial charge in [-0.15, -0.1) is 0 Å². The van der Waals surface area contributed by atoms with Crippen molar-refractivity contribution in [2.45, 2.75) is 4.90 Å². The Morgan fingerprint density at radius 1 is 1.07 bits per heavy atom. The van der Waals surface area contributed by atoms with Crippen molar-refractivity contribution < 1.29 is 31.3 Å². The summed E-state index contributed by atoms with van der Waals surface area (Å²) in [4.78, 5) is 22.4. The van der Waals surface area contributed by atoms with E-state index in [0.717, 1.165) is 30.7 Å². The van der Waals surface area contributed by atoms with Gasteiger partial charge < -0.3 is 10.1 Å². The number of sulfone groups is 1. The number of ether oxygens (including phenoxy) is 1. The first-order valence-electron chi connectivity index (χ1n) is 7.77. The van der Waals surface area contributed by atoms with Crippen molar-refractivity contribution in [3.63, 3.8) is 0 Å². The van der Waals surface area contributed by atoms with E-state index < -0.39 is 36.4 Å². The van der Waals surface area contributed by atoms with Gasteiger partial charge in [0, 0.05) is 35.7 Å². The second-order valence-corrected chi connectivity index (χ2v) is 9.75. The summed E-state index contributed by atoms with van der Waals surface area (Å²) < 4.78 is 53.6. The Morgan fingerprint density at radius 2 is 1.72 bits per heavy atom. The maximum absolute atomic E-state index is 12.5. The zero-order chi connectivity index (χ0) is 22.0. The van der Waals surface area contributed by atoms with E-state index in [4.69, 9.17) is 4.74 Å². The van der Waals surface area contributed by atoms with Gasteiger partial charge in [-0.3, -0.25) is 19.6 Å². The average Bonchev–Trinajstić information content (AvgIpc) is 2.60.